The van der Waals surface area contributed by atoms with E-state index in [4.69, 9.17) is 0 Å². The summed E-state index contributed by atoms with van der Waals surface area (Å²) in [5.74, 6) is 0. The fourth-order valence-electron chi connectivity index (χ4n) is 2.24. The molecule has 1 aromatic heterocycles. The molecule has 0 bridgehead atoms. The summed E-state index contributed by atoms with van der Waals surface area (Å²) in [4.78, 5) is 34.9. The van der Waals surface area contributed by atoms with Crippen molar-refractivity contribution in [2.45, 2.75) is 0 Å². The second kappa shape index (κ2) is 4.37. The molecule has 0 amide bonds. The van der Waals surface area contributed by atoms with Crippen molar-refractivity contribution in [1.82, 2.24) is 4.98 Å². The Balaban J connectivity index is 2.41. The van der Waals surface area contributed by atoms with Crippen LogP contribution in [-0.2, 0) is 0 Å². The number of aromatic amines is 1. The molecule has 0 aliphatic heterocycles. The average Bonchev–Trinajstić information content (AvgIpc) is 2.46. The Bertz CT molecular complexity index is 977. The number of nitrogens with one attached hydrogen (secondary N) is 1. The number of nitro groups is 2. The third-order valence-corrected chi connectivity index (χ3v) is 3.21. The van der Waals surface area contributed by atoms with E-state index in [0.717, 1.165) is 0 Å². The van der Waals surface area contributed by atoms with Crippen LogP contribution in [0.3, 0.4) is 0 Å². The first-order chi connectivity index (χ1) is 9.97. The summed E-state index contributed by atoms with van der Waals surface area (Å²) in [7, 11) is 0. The Labute approximate surface area is 115 Å². The fraction of sp³-hybridized carbons (Fsp3) is 0. The largest absolute Gasteiger partial charge is 0.321 e. The molecule has 0 atom stereocenters. The van der Waals surface area contributed by atoms with Gasteiger partial charge in [0, 0.05) is 29.7 Å². The highest BCUT2D eigenvalue weighted by atomic mass is 16.6. The van der Waals surface area contributed by atoms with Gasteiger partial charge in [-0.15, -0.1) is 0 Å². The lowest BCUT2D eigenvalue weighted by Gasteiger charge is -2.03. The van der Waals surface area contributed by atoms with Crippen LogP contribution in [0.5, 0.6) is 0 Å². The average molecular weight is 285 g/mol. The number of rotatable bonds is 2. The van der Waals surface area contributed by atoms with Gasteiger partial charge < -0.3 is 4.98 Å². The number of pyridine rings is 1. The molecule has 2 aromatic carbocycles. The number of nitrogens with zero attached hydrogens (tertiary/aromatic N) is 2. The van der Waals surface area contributed by atoms with Crippen LogP contribution in [0, 0.1) is 20.2 Å². The van der Waals surface area contributed by atoms with Gasteiger partial charge in [0.2, 0.25) is 0 Å². The molecule has 8 heteroatoms. The number of hydrogen-bond donors (Lipinski definition) is 1. The molecule has 0 aliphatic rings. The quantitative estimate of drug-likeness (QED) is 0.440. The van der Waals surface area contributed by atoms with Gasteiger partial charge >= 0.3 is 0 Å². The smallest absolute Gasteiger partial charge is 0.271 e. The predicted molar refractivity (Wildman–Crippen MR) is 75.4 cm³/mol. The van der Waals surface area contributed by atoms with Crippen LogP contribution < -0.4 is 5.56 Å². The highest BCUT2D eigenvalue weighted by molar-refractivity contribution is 6.06. The van der Waals surface area contributed by atoms with Gasteiger partial charge in [-0.1, -0.05) is 0 Å². The summed E-state index contributed by atoms with van der Waals surface area (Å²) in [6.45, 7) is 0. The second-order valence-corrected chi connectivity index (χ2v) is 4.43. The molecule has 21 heavy (non-hydrogen) atoms. The molecule has 1 heterocycles. The van der Waals surface area contributed by atoms with Crippen LogP contribution in [0.1, 0.15) is 0 Å². The summed E-state index contributed by atoms with van der Waals surface area (Å²) in [5, 5.41) is 22.8. The summed E-state index contributed by atoms with van der Waals surface area (Å²) < 4.78 is 0. The zero-order chi connectivity index (χ0) is 15.1. The van der Waals surface area contributed by atoms with Crippen molar-refractivity contribution in [2.24, 2.45) is 0 Å². The van der Waals surface area contributed by atoms with Gasteiger partial charge in [0.15, 0.2) is 0 Å². The van der Waals surface area contributed by atoms with Gasteiger partial charge in [-0.2, -0.15) is 0 Å². The minimum Gasteiger partial charge on any atom is -0.321 e. The molecule has 1 N–H and O–H groups in total. The molecular formula is C13H7N3O5. The highest BCUT2D eigenvalue weighted by Gasteiger charge is 2.13. The van der Waals surface area contributed by atoms with Crippen molar-refractivity contribution < 1.29 is 9.85 Å². The zero-order valence-corrected chi connectivity index (χ0v) is 10.4. The third-order valence-electron chi connectivity index (χ3n) is 3.21. The normalized spacial score (nSPS) is 10.9. The minimum atomic E-state index is -0.584. The number of H-pyrrole nitrogens is 1. The van der Waals surface area contributed by atoms with E-state index in [2.05, 4.69) is 4.98 Å². The first-order valence-corrected chi connectivity index (χ1v) is 5.86. The molecule has 8 nitrogen and oxygen atoms in total. The Morgan fingerprint density at radius 3 is 2.00 bits per heavy atom. The molecule has 0 unspecified atom stereocenters. The van der Waals surface area contributed by atoms with Crippen LogP contribution >= 0.6 is 0 Å². The molecule has 0 saturated heterocycles. The maximum Gasteiger partial charge on any atom is 0.271 e. The molecular weight excluding hydrogens is 278 g/mol. The first kappa shape index (κ1) is 12.7. The van der Waals surface area contributed by atoms with E-state index in [9.17, 15) is 25.0 Å². The SMILES string of the molecule is O=c1[nH]c2cc([N+](=O)[O-])ccc2c2ccc([N+](=O)[O-])cc12. The van der Waals surface area contributed by atoms with Gasteiger partial charge in [0.25, 0.3) is 16.9 Å². The van der Waals surface area contributed by atoms with Gasteiger partial charge in [-0.25, -0.2) is 0 Å². The Hall–Kier alpha value is -3.29. The number of hydrogen-bond acceptors (Lipinski definition) is 5. The van der Waals surface area contributed by atoms with E-state index in [1.54, 1.807) is 0 Å². The zero-order valence-electron chi connectivity index (χ0n) is 10.4. The molecule has 0 saturated carbocycles. The number of benzene rings is 2. The predicted octanol–water partition coefficient (Wildman–Crippen LogP) is 2.50. The molecule has 0 fully saturated rings. The number of fused-ring (bicyclic) bond motifs is 3. The maximum atomic E-state index is 12.0. The van der Waals surface area contributed by atoms with Gasteiger partial charge in [-0.05, 0) is 17.5 Å². The van der Waals surface area contributed by atoms with E-state index in [1.165, 1.54) is 36.4 Å². The maximum absolute atomic E-state index is 12.0. The van der Waals surface area contributed by atoms with Gasteiger partial charge in [0.1, 0.15) is 0 Å². The summed E-state index contributed by atoms with van der Waals surface area (Å²) >= 11 is 0. The molecule has 3 aromatic rings. The van der Waals surface area contributed by atoms with Crippen LogP contribution in [0.2, 0.25) is 0 Å². The molecule has 0 spiro atoms. The summed E-state index contributed by atoms with van der Waals surface area (Å²) in [5.41, 5.74) is -0.536. The van der Waals surface area contributed by atoms with Crippen molar-refractivity contribution in [1.29, 1.82) is 0 Å². The third kappa shape index (κ3) is 1.98. The van der Waals surface area contributed by atoms with Crippen LogP contribution in [0.25, 0.3) is 21.7 Å². The van der Waals surface area contributed by atoms with E-state index < -0.39 is 15.4 Å². The lowest BCUT2D eigenvalue weighted by Crippen LogP contribution is -2.07. The molecule has 104 valence electrons. The van der Waals surface area contributed by atoms with E-state index in [-0.39, 0.29) is 16.8 Å². The molecule has 0 radical (unpaired) electrons. The van der Waals surface area contributed by atoms with E-state index in [1.807, 2.05) is 0 Å². The van der Waals surface area contributed by atoms with Crippen LogP contribution in [0.4, 0.5) is 11.4 Å². The second-order valence-electron chi connectivity index (χ2n) is 4.43. The van der Waals surface area contributed by atoms with Crippen LogP contribution in [0.15, 0.2) is 41.2 Å². The Kier molecular flexibility index (Phi) is 2.65. The first-order valence-electron chi connectivity index (χ1n) is 5.86. The van der Waals surface area contributed by atoms with Crippen molar-refractivity contribution in [3.63, 3.8) is 0 Å². The van der Waals surface area contributed by atoms with Crippen molar-refractivity contribution in [3.8, 4) is 0 Å². The summed E-state index contributed by atoms with van der Waals surface area (Å²) in [6, 6.07) is 8.05. The highest BCUT2D eigenvalue weighted by Crippen LogP contribution is 2.27. The minimum absolute atomic E-state index is 0.139. The number of aromatic nitrogens is 1. The Morgan fingerprint density at radius 1 is 0.810 bits per heavy atom. The molecule has 3 rings (SSSR count). The van der Waals surface area contributed by atoms with Crippen molar-refractivity contribution in [2.75, 3.05) is 0 Å². The van der Waals surface area contributed by atoms with Gasteiger partial charge in [-0.3, -0.25) is 25.0 Å². The van der Waals surface area contributed by atoms with Crippen molar-refractivity contribution in [3.05, 3.63) is 67.0 Å². The fourth-order valence-corrected chi connectivity index (χ4v) is 2.24. The van der Waals surface area contributed by atoms with Gasteiger partial charge in [0.05, 0.1) is 20.7 Å². The Morgan fingerprint density at radius 2 is 1.38 bits per heavy atom. The standard InChI is InChI=1S/C13H7N3O5/c17-13-11-5-7(15(18)19)1-3-9(11)10-4-2-8(16(20)21)6-12(10)14-13/h1-6H,(H,14,17). The lowest BCUT2D eigenvalue weighted by molar-refractivity contribution is -0.384. The monoisotopic (exact) mass is 285 g/mol. The van der Waals surface area contributed by atoms with E-state index >= 15 is 0 Å². The summed E-state index contributed by atoms with van der Waals surface area (Å²) in [6.07, 6.45) is 0. The number of nitro benzene ring substituents is 2. The number of non-ortho nitro benzene ring substituents is 2. The van der Waals surface area contributed by atoms with E-state index in [0.29, 0.717) is 16.3 Å². The lowest BCUT2D eigenvalue weighted by atomic mass is 10.1. The van der Waals surface area contributed by atoms with Crippen molar-refractivity contribution >= 4 is 33.1 Å². The molecule has 0 aliphatic carbocycles. The van der Waals surface area contributed by atoms with Crippen LogP contribution in [-0.4, -0.2) is 14.8 Å². The topological polar surface area (TPSA) is 119 Å².